The molecule has 0 bridgehead atoms. The summed E-state index contributed by atoms with van der Waals surface area (Å²) in [5.41, 5.74) is 3.53. The second-order valence-electron chi connectivity index (χ2n) is 4.81. The maximum atomic E-state index is 4.32. The summed E-state index contributed by atoms with van der Waals surface area (Å²) in [7, 11) is 2.02. The second kappa shape index (κ2) is 4.89. The van der Waals surface area contributed by atoms with Crippen LogP contribution in [0.5, 0.6) is 0 Å². The van der Waals surface area contributed by atoms with Crippen molar-refractivity contribution in [1.82, 2.24) is 24.1 Å². The van der Waals surface area contributed by atoms with Crippen LogP contribution in [-0.2, 0) is 12.8 Å². The predicted molar refractivity (Wildman–Crippen MR) is 83.3 cm³/mol. The highest BCUT2D eigenvalue weighted by atomic mass is 32.2. The van der Waals surface area contributed by atoms with Gasteiger partial charge >= 0.3 is 0 Å². The molecule has 104 valence electrons. The Bertz CT molecular complexity index is 910. The summed E-state index contributed by atoms with van der Waals surface area (Å²) in [6, 6.07) is 12.3. The lowest BCUT2D eigenvalue weighted by Gasteiger charge is -1.99. The van der Waals surface area contributed by atoms with Gasteiger partial charge in [0.1, 0.15) is 0 Å². The fraction of sp³-hybridized carbons (Fsp3) is 0.133. The molecule has 1 aromatic carbocycles. The van der Waals surface area contributed by atoms with E-state index in [-0.39, 0.29) is 0 Å². The minimum absolute atomic E-state index is 0.854. The van der Waals surface area contributed by atoms with Gasteiger partial charge in [0.15, 0.2) is 5.16 Å². The van der Waals surface area contributed by atoms with Crippen molar-refractivity contribution in [3.63, 3.8) is 0 Å². The Hall–Kier alpha value is -2.34. The topological polar surface area (TPSA) is 48.0 Å². The number of pyridine rings is 1. The lowest BCUT2D eigenvalue weighted by Crippen LogP contribution is -1.88. The van der Waals surface area contributed by atoms with Crippen molar-refractivity contribution in [3.8, 4) is 0 Å². The summed E-state index contributed by atoms with van der Waals surface area (Å²) in [6.45, 7) is 0. The molecular weight excluding hydrogens is 282 g/mol. The highest BCUT2D eigenvalue weighted by molar-refractivity contribution is 7.98. The van der Waals surface area contributed by atoms with E-state index >= 15 is 0 Å². The fourth-order valence-electron chi connectivity index (χ4n) is 2.46. The highest BCUT2D eigenvalue weighted by Crippen LogP contribution is 2.26. The van der Waals surface area contributed by atoms with E-state index in [1.54, 1.807) is 11.8 Å². The van der Waals surface area contributed by atoms with Crippen molar-refractivity contribution >= 4 is 28.6 Å². The molecule has 5 nitrogen and oxygen atoms in total. The predicted octanol–water partition coefficient (Wildman–Crippen LogP) is 2.91. The Labute approximate surface area is 125 Å². The number of rotatable bonds is 3. The number of nitrogens with zero attached hydrogens (tertiary/aromatic N) is 5. The van der Waals surface area contributed by atoms with Gasteiger partial charge < -0.3 is 4.57 Å². The molecule has 0 aliphatic carbocycles. The van der Waals surface area contributed by atoms with Crippen molar-refractivity contribution in [2.45, 2.75) is 10.9 Å². The second-order valence-corrected chi connectivity index (χ2v) is 5.75. The summed E-state index contributed by atoms with van der Waals surface area (Å²) >= 11 is 1.69. The zero-order chi connectivity index (χ0) is 14.2. The number of para-hydroxylation sites is 2. The minimum Gasteiger partial charge on any atom is -0.311 e. The molecule has 6 heteroatoms. The third-order valence-electron chi connectivity index (χ3n) is 3.52. The Morgan fingerprint density at radius 1 is 1.00 bits per heavy atom. The number of benzene rings is 1. The summed E-state index contributed by atoms with van der Waals surface area (Å²) < 4.78 is 4.18. The SMILES string of the molecule is Cn1c2ccccc2n2c(SCc3ccncc3)nnc12. The first kappa shape index (κ1) is 12.4. The van der Waals surface area contributed by atoms with Gasteiger partial charge in [-0.05, 0) is 29.8 Å². The van der Waals surface area contributed by atoms with Crippen LogP contribution < -0.4 is 0 Å². The van der Waals surface area contributed by atoms with Crippen LogP contribution in [0.2, 0.25) is 0 Å². The van der Waals surface area contributed by atoms with Gasteiger partial charge in [-0.25, -0.2) is 0 Å². The molecule has 0 fully saturated rings. The summed E-state index contributed by atoms with van der Waals surface area (Å²) in [5, 5.41) is 9.55. The third kappa shape index (κ3) is 1.99. The van der Waals surface area contributed by atoms with Gasteiger partial charge in [0.2, 0.25) is 5.78 Å². The Kier molecular flexibility index (Phi) is 2.89. The van der Waals surface area contributed by atoms with Crippen LogP contribution in [0.1, 0.15) is 5.56 Å². The van der Waals surface area contributed by atoms with Crippen LogP contribution in [0.3, 0.4) is 0 Å². The number of aromatic nitrogens is 5. The molecule has 3 aromatic heterocycles. The van der Waals surface area contributed by atoms with Gasteiger partial charge in [-0.3, -0.25) is 9.38 Å². The molecule has 0 N–H and O–H groups in total. The molecule has 0 saturated carbocycles. The summed E-state index contributed by atoms with van der Waals surface area (Å²) in [6.07, 6.45) is 3.63. The Balaban J connectivity index is 1.77. The molecule has 0 radical (unpaired) electrons. The fourth-order valence-corrected chi connectivity index (χ4v) is 3.35. The summed E-state index contributed by atoms with van der Waals surface area (Å²) in [4.78, 5) is 4.04. The third-order valence-corrected chi connectivity index (χ3v) is 4.52. The average molecular weight is 295 g/mol. The van der Waals surface area contributed by atoms with Crippen molar-refractivity contribution in [3.05, 3.63) is 54.4 Å². The molecule has 0 atom stereocenters. The first-order valence-corrected chi connectivity index (χ1v) is 7.63. The molecule has 4 rings (SSSR count). The van der Waals surface area contributed by atoms with Gasteiger partial charge in [0.05, 0.1) is 11.0 Å². The maximum Gasteiger partial charge on any atom is 0.236 e. The molecule has 0 amide bonds. The number of aryl methyl sites for hydroxylation is 1. The van der Waals surface area contributed by atoms with E-state index in [9.17, 15) is 0 Å². The highest BCUT2D eigenvalue weighted by Gasteiger charge is 2.14. The van der Waals surface area contributed by atoms with Gasteiger partial charge in [0.25, 0.3) is 0 Å². The molecule has 4 aromatic rings. The van der Waals surface area contributed by atoms with Crippen LogP contribution in [0, 0.1) is 0 Å². The van der Waals surface area contributed by atoms with Crippen molar-refractivity contribution in [1.29, 1.82) is 0 Å². The smallest absolute Gasteiger partial charge is 0.236 e. The van der Waals surface area contributed by atoms with Crippen molar-refractivity contribution in [2.24, 2.45) is 7.05 Å². The lowest BCUT2D eigenvalue weighted by molar-refractivity contribution is 0.936. The van der Waals surface area contributed by atoms with Crippen LogP contribution in [-0.4, -0.2) is 24.1 Å². The zero-order valence-electron chi connectivity index (χ0n) is 11.5. The van der Waals surface area contributed by atoms with Gasteiger partial charge in [-0.2, -0.15) is 0 Å². The number of fused-ring (bicyclic) bond motifs is 3. The molecule has 0 unspecified atom stereocenters. The van der Waals surface area contributed by atoms with E-state index in [0.717, 1.165) is 27.7 Å². The lowest BCUT2D eigenvalue weighted by atomic mass is 10.3. The molecule has 0 aliphatic rings. The maximum absolute atomic E-state index is 4.32. The van der Waals surface area contributed by atoms with Gasteiger partial charge in [-0.1, -0.05) is 23.9 Å². The number of hydrogen-bond acceptors (Lipinski definition) is 4. The van der Waals surface area contributed by atoms with Crippen LogP contribution >= 0.6 is 11.8 Å². The molecular formula is C15H13N5S. The standard InChI is InChI=1S/C15H13N5S/c1-19-12-4-2-3-5-13(12)20-14(19)17-18-15(20)21-10-11-6-8-16-9-7-11/h2-9H,10H2,1H3. The Morgan fingerprint density at radius 2 is 1.76 bits per heavy atom. The zero-order valence-corrected chi connectivity index (χ0v) is 12.3. The first-order valence-electron chi connectivity index (χ1n) is 6.65. The van der Waals surface area contributed by atoms with Crippen LogP contribution in [0.4, 0.5) is 0 Å². The monoisotopic (exact) mass is 295 g/mol. The minimum atomic E-state index is 0.854. The van der Waals surface area contributed by atoms with Crippen molar-refractivity contribution in [2.75, 3.05) is 0 Å². The number of hydrogen-bond donors (Lipinski definition) is 0. The van der Waals surface area contributed by atoms with E-state index in [1.165, 1.54) is 5.56 Å². The van der Waals surface area contributed by atoms with Crippen LogP contribution in [0.25, 0.3) is 16.8 Å². The average Bonchev–Trinajstić information content (AvgIpc) is 3.07. The Morgan fingerprint density at radius 3 is 2.57 bits per heavy atom. The van der Waals surface area contributed by atoms with E-state index in [0.29, 0.717) is 0 Å². The normalized spacial score (nSPS) is 11.5. The number of thioether (sulfide) groups is 1. The van der Waals surface area contributed by atoms with Gasteiger partial charge in [-0.15, -0.1) is 10.2 Å². The van der Waals surface area contributed by atoms with Crippen molar-refractivity contribution < 1.29 is 0 Å². The number of imidazole rings is 1. The van der Waals surface area contributed by atoms with E-state index in [1.807, 2.05) is 43.7 Å². The summed E-state index contributed by atoms with van der Waals surface area (Å²) in [5.74, 6) is 1.72. The molecule has 21 heavy (non-hydrogen) atoms. The van der Waals surface area contributed by atoms with E-state index < -0.39 is 0 Å². The quantitative estimate of drug-likeness (QED) is 0.545. The molecule has 0 saturated heterocycles. The van der Waals surface area contributed by atoms with Crippen LogP contribution in [0.15, 0.2) is 53.9 Å². The van der Waals surface area contributed by atoms with E-state index in [2.05, 4.69) is 36.3 Å². The molecule has 0 aliphatic heterocycles. The largest absolute Gasteiger partial charge is 0.311 e. The first-order chi connectivity index (χ1) is 10.3. The molecule has 3 heterocycles. The van der Waals surface area contributed by atoms with E-state index in [4.69, 9.17) is 0 Å². The van der Waals surface area contributed by atoms with Gasteiger partial charge in [0, 0.05) is 25.2 Å². The molecule has 0 spiro atoms.